The molecule has 6 nitrogen and oxygen atoms in total. The summed E-state index contributed by atoms with van der Waals surface area (Å²) in [6.45, 7) is 7.57. The summed E-state index contributed by atoms with van der Waals surface area (Å²) in [7, 11) is 0. The van der Waals surface area contributed by atoms with E-state index in [1.165, 1.54) is 10.9 Å². The van der Waals surface area contributed by atoms with E-state index in [1.807, 2.05) is 13.8 Å². The van der Waals surface area contributed by atoms with Gasteiger partial charge in [0.15, 0.2) is 0 Å². The summed E-state index contributed by atoms with van der Waals surface area (Å²) in [6, 6.07) is 0.0588. The summed E-state index contributed by atoms with van der Waals surface area (Å²) in [5, 5.41) is 9.43. The molecule has 1 aromatic rings. The molecule has 1 amide bonds. The van der Waals surface area contributed by atoms with E-state index >= 15 is 0 Å². The van der Waals surface area contributed by atoms with Crippen molar-refractivity contribution >= 4 is 23.2 Å². The van der Waals surface area contributed by atoms with Crippen molar-refractivity contribution < 1.29 is 4.79 Å². The first-order valence-corrected chi connectivity index (χ1v) is 6.23. The number of hydrogen-bond donors (Lipinski definition) is 2. The van der Waals surface area contributed by atoms with Crippen LogP contribution in [0.5, 0.6) is 0 Å². The van der Waals surface area contributed by atoms with Gasteiger partial charge in [-0.1, -0.05) is 17.7 Å². The third-order valence-corrected chi connectivity index (χ3v) is 2.54. The molecule has 0 fully saturated rings. The van der Waals surface area contributed by atoms with Gasteiger partial charge < -0.3 is 10.6 Å². The molecule has 0 aliphatic carbocycles. The molecule has 2 N–H and O–H groups in total. The van der Waals surface area contributed by atoms with Crippen molar-refractivity contribution in [3.8, 4) is 0 Å². The fourth-order valence-corrected chi connectivity index (χ4v) is 1.60. The van der Waals surface area contributed by atoms with E-state index < -0.39 is 5.56 Å². The zero-order valence-corrected chi connectivity index (χ0v) is 11.7. The lowest BCUT2D eigenvalue weighted by molar-refractivity contribution is -0.119. The standard InChI is InChI=1S/C12H17ClN4O2/c1-4-5-17-12(19)11(13)9(6-15-17)14-7-10(18)16-8(2)3/h4,6,8,14H,1,5,7H2,2-3H3,(H,16,18). The lowest BCUT2D eigenvalue weighted by Crippen LogP contribution is -2.35. The molecule has 1 rings (SSSR count). The Labute approximate surface area is 116 Å². The Morgan fingerprint density at radius 1 is 1.63 bits per heavy atom. The summed E-state index contributed by atoms with van der Waals surface area (Å²) in [6.07, 6.45) is 2.96. The van der Waals surface area contributed by atoms with E-state index in [4.69, 9.17) is 11.6 Å². The lowest BCUT2D eigenvalue weighted by atomic mass is 10.4. The number of aromatic nitrogens is 2. The highest BCUT2D eigenvalue weighted by atomic mass is 35.5. The number of hydrogen-bond acceptors (Lipinski definition) is 4. The van der Waals surface area contributed by atoms with Crippen LogP contribution in [0.2, 0.25) is 5.02 Å². The highest BCUT2D eigenvalue weighted by Gasteiger charge is 2.10. The van der Waals surface area contributed by atoms with Gasteiger partial charge in [0.2, 0.25) is 5.91 Å². The number of anilines is 1. The van der Waals surface area contributed by atoms with Crippen molar-refractivity contribution in [3.05, 3.63) is 34.2 Å². The van der Waals surface area contributed by atoms with Crippen molar-refractivity contribution in [2.24, 2.45) is 0 Å². The molecule has 0 radical (unpaired) electrons. The molecule has 7 heteroatoms. The van der Waals surface area contributed by atoms with E-state index in [0.29, 0.717) is 5.69 Å². The molecule has 0 atom stereocenters. The van der Waals surface area contributed by atoms with Gasteiger partial charge in [0.25, 0.3) is 5.56 Å². The van der Waals surface area contributed by atoms with E-state index in [9.17, 15) is 9.59 Å². The van der Waals surface area contributed by atoms with Gasteiger partial charge >= 0.3 is 0 Å². The SMILES string of the molecule is C=CCn1ncc(NCC(=O)NC(C)C)c(Cl)c1=O. The molecular formula is C12H17ClN4O2. The maximum atomic E-state index is 11.8. The Kier molecular flexibility index (Phi) is 5.57. The second kappa shape index (κ2) is 6.94. The molecule has 0 aliphatic rings. The smallest absolute Gasteiger partial charge is 0.287 e. The van der Waals surface area contributed by atoms with Crippen molar-refractivity contribution in [1.29, 1.82) is 0 Å². The average molecular weight is 285 g/mol. The summed E-state index contributed by atoms with van der Waals surface area (Å²) in [4.78, 5) is 23.2. The fourth-order valence-electron chi connectivity index (χ4n) is 1.39. The van der Waals surface area contributed by atoms with Gasteiger partial charge in [-0.2, -0.15) is 5.10 Å². The van der Waals surface area contributed by atoms with Gasteiger partial charge in [0.05, 0.1) is 25.0 Å². The minimum atomic E-state index is -0.421. The summed E-state index contributed by atoms with van der Waals surface area (Å²) in [5.74, 6) is -0.179. The average Bonchev–Trinajstić information content (AvgIpc) is 2.33. The highest BCUT2D eigenvalue weighted by Crippen LogP contribution is 2.14. The van der Waals surface area contributed by atoms with Crippen LogP contribution in [0.3, 0.4) is 0 Å². The van der Waals surface area contributed by atoms with Gasteiger partial charge in [-0.25, -0.2) is 4.68 Å². The van der Waals surface area contributed by atoms with Crippen molar-refractivity contribution in [2.45, 2.75) is 26.4 Å². The molecule has 1 heterocycles. The van der Waals surface area contributed by atoms with E-state index in [2.05, 4.69) is 22.3 Å². The normalized spacial score (nSPS) is 10.3. The van der Waals surface area contributed by atoms with Crippen LogP contribution >= 0.6 is 11.6 Å². The topological polar surface area (TPSA) is 76.0 Å². The third-order valence-electron chi connectivity index (χ3n) is 2.18. The molecule has 0 saturated carbocycles. The maximum absolute atomic E-state index is 11.8. The van der Waals surface area contributed by atoms with Gasteiger partial charge in [0.1, 0.15) is 5.02 Å². The highest BCUT2D eigenvalue weighted by molar-refractivity contribution is 6.33. The number of carbonyl (C=O) groups is 1. The van der Waals surface area contributed by atoms with Gasteiger partial charge in [-0.3, -0.25) is 9.59 Å². The van der Waals surface area contributed by atoms with Crippen LogP contribution in [-0.4, -0.2) is 28.3 Å². The molecule has 0 saturated heterocycles. The first kappa shape index (κ1) is 15.2. The van der Waals surface area contributed by atoms with Gasteiger partial charge in [0, 0.05) is 6.04 Å². The van der Waals surface area contributed by atoms with Crippen LogP contribution in [0, 0.1) is 0 Å². The number of nitrogens with zero attached hydrogens (tertiary/aromatic N) is 2. The lowest BCUT2D eigenvalue weighted by Gasteiger charge is -2.11. The van der Waals surface area contributed by atoms with Gasteiger partial charge in [-0.15, -0.1) is 6.58 Å². The van der Waals surface area contributed by atoms with Crippen LogP contribution in [0.25, 0.3) is 0 Å². The van der Waals surface area contributed by atoms with E-state index in [-0.39, 0.29) is 30.1 Å². The maximum Gasteiger partial charge on any atom is 0.287 e. The Morgan fingerprint density at radius 3 is 2.89 bits per heavy atom. The monoisotopic (exact) mass is 284 g/mol. The van der Waals surface area contributed by atoms with E-state index in [0.717, 1.165) is 0 Å². The second-order valence-electron chi connectivity index (χ2n) is 4.22. The quantitative estimate of drug-likeness (QED) is 0.765. The summed E-state index contributed by atoms with van der Waals surface area (Å²) < 4.78 is 1.19. The van der Waals surface area contributed by atoms with Crippen molar-refractivity contribution in [1.82, 2.24) is 15.1 Å². The van der Waals surface area contributed by atoms with Crippen LogP contribution < -0.4 is 16.2 Å². The predicted octanol–water partition coefficient (Wildman–Crippen LogP) is 1.02. The van der Waals surface area contributed by atoms with Gasteiger partial charge in [-0.05, 0) is 13.8 Å². The summed E-state index contributed by atoms with van der Waals surface area (Å²) >= 11 is 5.92. The number of nitrogens with one attached hydrogen (secondary N) is 2. The number of carbonyl (C=O) groups excluding carboxylic acids is 1. The minimum absolute atomic E-state index is 0.00852. The molecule has 0 unspecified atom stereocenters. The molecule has 0 aromatic carbocycles. The Hall–Kier alpha value is -1.82. The second-order valence-corrected chi connectivity index (χ2v) is 4.60. The van der Waals surface area contributed by atoms with Crippen molar-refractivity contribution in [3.63, 3.8) is 0 Å². The zero-order valence-electron chi connectivity index (χ0n) is 10.9. The number of halogens is 1. The number of rotatable bonds is 6. The first-order chi connectivity index (χ1) is 8.95. The van der Waals surface area contributed by atoms with Crippen molar-refractivity contribution in [2.75, 3.05) is 11.9 Å². The number of amides is 1. The largest absolute Gasteiger partial charge is 0.373 e. The number of allylic oxidation sites excluding steroid dienone is 1. The Balaban J connectivity index is 2.75. The van der Waals surface area contributed by atoms with Crippen LogP contribution in [0.15, 0.2) is 23.6 Å². The molecule has 104 valence electrons. The molecular weight excluding hydrogens is 268 g/mol. The van der Waals surface area contributed by atoms with Crippen LogP contribution in [0.4, 0.5) is 5.69 Å². The molecule has 0 aliphatic heterocycles. The van der Waals surface area contributed by atoms with E-state index in [1.54, 1.807) is 6.08 Å². The third kappa shape index (κ3) is 4.40. The minimum Gasteiger partial charge on any atom is -0.373 e. The van der Waals surface area contributed by atoms with Crippen LogP contribution in [-0.2, 0) is 11.3 Å². The summed E-state index contributed by atoms with van der Waals surface area (Å²) in [5.41, 5.74) is -0.0817. The molecule has 0 spiro atoms. The Bertz CT molecular complexity index is 525. The Morgan fingerprint density at radius 2 is 2.32 bits per heavy atom. The van der Waals surface area contributed by atoms with Crippen LogP contribution in [0.1, 0.15) is 13.8 Å². The molecule has 0 bridgehead atoms. The molecule has 1 aromatic heterocycles. The zero-order chi connectivity index (χ0) is 14.4. The fraction of sp³-hybridized carbons (Fsp3) is 0.417. The molecule has 19 heavy (non-hydrogen) atoms. The first-order valence-electron chi connectivity index (χ1n) is 5.85. The predicted molar refractivity (Wildman–Crippen MR) is 75.5 cm³/mol.